The maximum atomic E-state index is 13.6. The fourth-order valence-electron chi connectivity index (χ4n) is 3.92. The zero-order valence-corrected chi connectivity index (χ0v) is 22.0. The molecule has 0 saturated carbocycles. The molecular formula is C29H21ClF3N3O5. The predicted molar refractivity (Wildman–Crippen MR) is 144 cm³/mol. The van der Waals surface area contributed by atoms with E-state index in [9.17, 15) is 32.3 Å². The van der Waals surface area contributed by atoms with Crippen LogP contribution in [0.1, 0.15) is 33.5 Å². The Morgan fingerprint density at radius 3 is 2.24 bits per heavy atom. The Hall–Kier alpha value is -4.82. The first-order chi connectivity index (χ1) is 19.4. The second-order valence-corrected chi connectivity index (χ2v) is 9.38. The molecule has 12 heteroatoms. The molecule has 210 valence electrons. The first-order valence-electron chi connectivity index (χ1n) is 12.1. The molecule has 0 spiro atoms. The van der Waals surface area contributed by atoms with Crippen molar-refractivity contribution in [1.82, 2.24) is 4.90 Å². The third kappa shape index (κ3) is 7.43. The number of alkyl halides is 3. The van der Waals surface area contributed by atoms with E-state index in [0.29, 0.717) is 21.8 Å². The Labute approximate surface area is 237 Å². The smallest absolute Gasteiger partial charge is 0.399 e. The summed E-state index contributed by atoms with van der Waals surface area (Å²) < 4.78 is 41.1. The molecule has 3 aromatic rings. The van der Waals surface area contributed by atoms with Crippen molar-refractivity contribution in [3.05, 3.63) is 94.0 Å². The summed E-state index contributed by atoms with van der Waals surface area (Å²) in [5.74, 6) is 0.608. The van der Waals surface area contributed by atoms with Crippen LogP contribution in [0.4, 0.5) is 24.5 Å². The van der Waals surface area contributed by atoms with Crippen LogP contribution in [0.25, 0.3) is 0 Å². The molecule has 0 aromatic heterocycles. The van der Waals surface area contributed by atoms with Gasteiger partial charge in [-0.2, -0.15) is 13.2 Å². The Morgan fingerprint density at radius 1 is 0.951 bits per heavy atom. The average Bonchev–Trinajstić information content (AvgIpc) is 3.02. The first-order valence-corrected chi connectivity index (χ1v) is 12.5. The molecule has 1 aliphatic heterocycles. The number of fused-ring (bicyclic) bond motifs is 1. The van der Waals surface area contributed by atoms with Crippen LogP contribution >= 0.6 is 11.6 Å². The van der Waals surface area contributed by atoms with E-state index < -0.39 is 49.4 Å². The van der Waals surface area contributed by atoms with Crippen LogP contribution in [0, 0.1) is 11.8 Å². The third-order valence-corrected chi connectivity index (χ3v) is 6.22. The molecule has 41 heavy (non-hydrogen) atoms. The Balaban J connectivity index is 1.64. The lowest BCUT2D eigenvalue weighted by Gasteiger charge is -2.23. The second kappa shape index (κ2) is 12.1. The third-order valence-electron chi connectivity index (χ3n) is 5.97. The van der Waals surface area contributed by atoms with Crippen LogP contribution in [-0.2, 0) is 25.7 Å². The van der Waals surface area contributed by atoms with E-state index in [2.05, 4.69) is 16.6 Å². The van der Waals surface area contributed by atoms with Crippen molar-refractivity contribution in [2.24, 2.45) is 0 Å². The summed E-state index contributed by atoms with van der Waals surface area (Å²) in [6.07, 6.45) is -6.10. The summed E-state index contributed by atoms with van der Waals surface area (Å²) in [6, 6.07) is 18.3. The zero-order valence-electron chi connectivity index (χ0n) is 21.2. The van der Waals surface area contributed by atoms with E-state index >= 15 is 0 Å². The number of nitrogens with zero attached hydrogens (tertiary/aromatic N) is 2. The summed E-state index contributed by atoms with van der Waals surface area (Å²) in [4.78, 5) is 52.1. The van der Waals surface area contributed by atoms with Crippen LogP contribution in [-0.4, -0.2) is 47.9 Å². The van der Waals surface area contributed by atoms with Crippen LogP contribution < -0.4 is 10.6 Å². The normalized spacial score (nSPS) is 13.2. The number of rotatable bonds is 5. The van der Waals surface area contributed by atoms with Gasteiger partial charge in [0.05, 0.1) is 24.2 Å². The lowest BCUT2D eigenvalue weighted by atomic mass is 10.1. The topological polar surface area (TPSA) is 110 Å². The molecule has 0 fully saturated rings. The van der Waals surface area contributed by atoms with Gasteiger partial charge in [0, 0.05) is 28.4 Å². The maximum absolute atomic E-state index is 13.6. The van der Waals surface area contributed by atoms with Crippen molar-refractivity contribution < 1.29 is 37.1 Å². The molecule has 8 nitrogen and oxygen atoms in total. The summed E-state index contributed by atoms with van der Waals surface area (Å²) >= 11 is 5.97. The lowest BCUT2D eigenvalue weighted by molar-refractivity contribution is -0.201. The number of benzene rings is 3. The fourth-order valence-corrected chi connectivity index (χ4v) is 4.05. The molecular weight excluding hydrogens is 563 g/mol. The van der Waals surface area contributed by atoms with Crippen molar-refractivity contribution in [1.29, 1.82) is 0 Å². The van der Waals surface area contributed by atoms with Crippen LogP contribution in [0.2, 0.25) is 5.02 Å². The van der Waals surface area contributed by atoms with E-state index in [-0.39, 0.29) is 17.8 Å². The van der Waals surface area contributed by atoms with Gasteiger partial charge >= 0.3 is 18.1 Å². The number of amides is 2. The van der Waals surface area contributed by atoms with E-state index in [1.54, 1.807) is 60.7 Å². The molecule has 1 aliphatic rings. The fraction of sp³-hybridized carbons (Fsp3) is 0.172. The quantitative estimate of drug-likeness (QED) is 0.207. The largest absolute Gasteiger partial charge is 0.491 e. The highest BCUT2D eigenvalue weighted by molar-refractivity contribution is 6.30. The summed E-state index contributed by atoms with van der Waals surface area (Å²) in [7, 11) is 0. The van der Waals surface area contributed by atoms with Crippen molar-refractivity contribution in [3.8, 4) is 11.8 Å². The molecule has 1 heterocycles. The molecule has 0 aliphatic carbocycles. The van der Waals surface area contributed by atoms with Crippen LogP contribution in [0.3, 0.4) is 0 Å². The number of nitrogen functional groups attached to an aromatic ring is 1. The lowest BCUT2D eigenvalue weighted by Crippen LogP contribution is -2.40. The molecule has 2 N–H and O–H groups in total. The molecule has 0 bridgehead atoms. The highest BCUT2D eigenvalue weighted by Gasteiger charge is 2.42. The number of hydrogen-bond acceptors (Lipinski definition) is 6. The maximum Gasteiger partial charge on any atom is 0.491 e. The van der Waals surface area contributed by atoms with Crippen molar-refractivity contribution in [2.75, 3.05) is 23.7 Å². The van der Waals surface area contributed by atoms with E-state index in [0.717, 1.165) is 10.5 Å². The molecule has 0 atom stereocenters. The predicted octanol–water partition coefficient (Wildman–Crippen LogP) is 4.33. The average molecular weight is 584 g/mol. The number of carbonyl (C=O) groups is 4. The summed E-state index contributed by atoms with van der Waals surface area (Å²) in [5.41, 5.74) is 8.49. The molecule has 3 aromatic carbocycles. The van der Waals surface area contributed by atoms with Gasteiger partial charge in [0.1, 0.15) is 6.54 Å². The van der Waals surface area contributed by atoms with Gasteiger partial charge in [0.15, 0.2) is 0 Å². The Bertz CT molecular complexity index is 1560. The van der Waals surface area contributed by atoms with Gasteiger partial charge in [-0.1, -0.05) is 35.6 Å². The van der Waals surface area contributed by atoms with Gasteiger partial charge in [-0.25, -0.2) is 4.79 Å². The molecule has 4 rings (SSSR count). The Kier molecular flexibility index (Phi) is 8.64. The molecule has 2 amide bonds. The number of ether oxygens (including phenoxy) is 1. The number of nitrogens with two attached hydrogens (primary N) is 1. The van der Waals surface area contributed by atoms with Gasteiger partial charge in [-0.3, -0.25) is 14.4 Å². The molecule has 0 radical (unpaired) electrons. The summed E-state index contributed by atoms with van der Waals surface area (Å²) in [6.45, 7) is -0.860. The van der Waals surface area contributed by atoms with Gasteiger partial charge in [0.2, 0.25) is 5.91 Å². The standard InChI is InChI=1S/C29H21ClF3N3O5/c30-21-8-3-20(4-9-21)16-36-24-12-7-19(2-1-18-5-10-22(34)11-6-18)15-23(24)27(39)35(17-25(36)37)14-13-26(38)41-28(40)29(31,32)33/h3-12,15H,13-14,16-17,34H2. The number of anilines is 2. The van der Waals surface area contributed by atoms with Gasteiger partial charge < -0.3 is 20.3 Å². The van der Waals surface area contributed by atoms with Gasteiger partial charge in [0.25, 0.3) is 5.91 Å². The minimum absolute atomic E-state index is 0.0860. The van der Waals surface area contributed by atoms with Gasteiger partial charge in [-0.15, -0.1) is 0 Å². The van der Waals surface area contributed by atoms with Gasteiger partial charge in [-0.05, 0) is 60.2 Å². The minimum atomic E-state index is -5.35. The molecule has 0 unspecified atom stereocenters. The Morgan fingerprint density at radius 2 is 1.59 bits per heavy atom. The highest BCUT2D eigenvalue weighted by atomic mass is 35.5. The van der Waals surface area contributed by atoms with Crippen LogP contribution in [0.5, 0.6) is 0 Å². The molecule has 0 saturated heterocycles. The number of esters is 2. The number of hydrogen-bond donors (Lipinski definition) is 1. The van der Waals surface area contributed by atoms with Crippen molar-refractivity contribution >= 4 is 46.7 Å². The second-order valence-electron chi connectivity index (χ2n) is 8.95. The SMILES string of the molecule is Nc1ccc(C#Cc2ccc3c(c2)C(=O)N(CCC(=O)OC(=O)C(F)(F)F)CC(=O)N3Cc2ccc(Cl)cc2)cc1. The highest BCUT2D eigenvalue weighted by Crippen LogP contribution is 2.29. The summed E-state index contributed by atoms with van der Waals surface area (Å²) in [5, 5.41) is 0.498. The van der Waals surface area contributed by atoms with E-state index in [1.165, 1.54) is 11.0 Å². The zero-order chi connectivity index (χ0) is 29.7. The first kappa shape index (κ1) is 29.2. The van der Waals surface area contributed by atoms with Crippen molar-refractivity contribution in [3.63, 3.8) is 0 Å². The minimum Gasteiger partial charge on any atom is -0.399 e. The number of halogens is 4. The van der Waals surface area contributed by atoms with E-state index in [4.69, 9.17) is 17.3 Å². The monoisotopic (exact) mass is 583 g/mol. The van der Waals surface area contributed by atoms with Crippen LogP contribution in [0.15, 0.2) is 66.7 Å². The van der Waals surface area contributed by atoms with E-state index in [1.807, 2.05) is 0 Å². The number of carbonyl (C=O) groups excluding carboxylic acids is 4. The van der Waals surface area contributed by atoms with Crippen molar-refractivity contribution in [2.45, 2.75) is 19.1 Å².